The van der Waals surface area contributed by atoms with Gasteiger partial charge in [-0.3, -0.25) is 9.69 Å². The van der Waals surface area contributed by atoms with E-state index in [1.807, 2.05) is 0 Å². The molecule has 1 fully saturated rings. The lowest BCUT2D eigenvalue weighted by atomic mass is 10.1. The Balaban J connectivity index is 1.46. The lowest BCUT2D eigenvalue weighted by Gasteiger charge is -2.18. The molecule has 32 heavy (non-hydrogen) atoms. The maximum absolute atomic E-state index is 14.8. The molecule has 2 unspecified atom stereocenters. The molecule has 0 spiro atoms. The van der Waals surface area contributed by atoms with Crippen molar-refractivity contribution < 1.29 is 28.7 Å². The first kappa shape index (κ1) is 21.6. The van der Waals surface area contributed by atoms with Crippen molar-refractivity contribution >= 4 is 23.4 Å². The minimum atomic E-state index is -0.598. The lowest BCUT2D eigenvalue weighted by Crippen LogP contribution is -2.33. The highest BCUT2D eigenvalue weighted by Gasteiger charge is 2.32. The maximum atomic E-state index is 14.8. The standard InChI is InChI=1S/C21H22FN5O5/c1-12(29)23-9-16-10-27(21(30)31-16)14-2-4-17(18(22)6-14)13-7-24-20(25-8-13)19-5-3-15(11-28)32-26-19/h2,4,6-8,15-16,28H,3,5,9-11H2,1H3,(H,23,29). The Morgan fingerprint density at radius 1 is 1.31 bits per heavy atom. The van der Waals surface area contributed by atoms with Gasteiger partial charge in [-0.1, -0.05) is 5.16 Å². The third kappa shape index (κ3) is 4.67. The van der Waals surface area contributed by atoms with Crippen LogP contribution in [0.3, 0.4) is 0 Å². The predicted octanol–water partition coefficient (Wildman–Crippen LogP) is 1.62. The minimum Gasteiger partial charge on any atom is -0.442 e. The number of anilines is 1. The molecular weight excluding hydrogens is 421 g/mol. The van der Waals surface area contributed by atoms with Crippen LogP contribution in [0.5, 0.6) is 0 Å². The van der Waals surface area contributed by atoms with Crippen molar-refractivity contribution in [1.82, 2.24) is 15.3 Å². The largest absolute Gasteiger partial charge is 0.442 e. The first-order chi connectivity index (χ1) is 15.4. The van der Waals surface area contributed by atoms with Crippen molar-refractivity contribution in [2.75, 3.05) is 24.6 Å². The molecule has 0 bridgehead atoms. The Bertz CT molecular complexity index is 1050. The van der Waals surface area contributed by atoms with Gasteiger partial charge in [0.2, 0.25) is 5.91 Å². The summed E-state index contributed by atoms with van der Waals surface area (Å²) in [6, 6.07) is 4.41. The molecule has 2 amide bonds. The molecular formula is C21H22FN5O5. The molecule has 2 aliphatic heterocycles. The zero-order valence-electron chi connectivity index (χ0n) is 17.3. The number of hydrogen-bond acceptors (Lipinski definition) is 8. The number of amides is 2. The van der Waals surface area contributed by atoms with E-state index >= 15 is 0 Å². The van der Waals surface area contributed by atoms with Crippen LogP contribution in [0.4, 0.5) is 14.9 Å². The Labute approximate surface area is 183 Å². The Morgan fingerprint density at radius 2 is 2.09 bits per heavy atom. The van der Waals surface area contributed by atoms with Gasteiger partial charge in [0.05, 0.1) is 25.4 Å². The molecule has 11 heteroatoms. The van der Waals surface area contributed by atoms with E-state index in [-0.39, 0.29) is 37.3 Å². The van der Waals surface area contributed by atoms with E-state index in [1.54, 1.807) is 12.1 Å². The van der Waals surface area contributed by atoms with Crippen LogP contribution in [-0.2, 0) is 14.4 Å². The molecule has 1 aromatic heterocycles. The number of rotatable bonds is 6. The second-order valence-corrected chi connectivity index (χ2v) is 7.50. The smallest absolute Gasteiger partial charge is 0.414 e. The van der Waals surface area contributed by atoms with Crippen LogP contribution in [0.1, 0.15) is 25.6 Å². The molecule has 4 rings (SSSR count). The van der Waals surface area contributed by atoms with E-state index in [1.165, 1.54) is 30.3 Å². The number of aliphatic hydroxyl groups is 1. The van der Waals surface area contributed by atoms with Gasteiger partial charge in [-0.05, 0) is 24.6 Å². The number of carbonyl (C=O) groups is 2. The fourth-order valence-corrected chi connectivity index (χ4v) is 3.43. The van der Waals surface area contributed by atoms with Gasteiger partial charge >= 0.3 is 6.09 Å². The van der Waals surface area contributed by atoms with Gasteiger partial charge in [-0.2, -0.15) is 0 Å². The van der Waals surface area contributed by atoms with Crippen molar-refractivity contribution in [2.24, 2.45) is 5.16 Å². The zero-order chi connectivity index (χ0) is 22.7. The number of nitrogens with one attached hydrogen (secondary N) is 1. The highest BCUT2D eigenvalue weighted by Crippen LogP contribution is 2.28. The Hall–Kier alpha value is -3.60. The van der Waals surface area contributed by atoms with Crippen LogP contribution >= 0.6 is 0 Å². The van der Waals surface area contributed by atoms with E-state index in [9.17, 15) is 14.0 Å². The van der Waals surface area contributed by atoms with Gasteiger partial charge in [0, 0.05) is 36.9 Å². The van der Waals surface area contributed by atoms with Gasteiger partial charge in [-0.25, -0.2) is 19.2 Å². The normalized spacial score (nSPS) is 20.4. The number of oxime groups is 1. The molecule has 1 saturated heterocycles. The summed E-state index contributed by atoms with van der Waals surface area (Å²) in [5.41, 5.74) is 1.67. The number of benzene rings is 1. The van der Waals surface area contributed by atoms with E-state index in [2.05, 4.69) is 20.4 Å². The molecule has 2 atom stereocenters. The summed E-state index contributed by atoms with van der Waals surface area (Å²) < 4.78 is 20.1. The predicted molar refractivity (Wildman–Crippen MR) is 111 cm³/mol. The van der Waals surface area contributed by atoms with Gasteiger partial charge in [0.1, 0.15) is 17.6 Å². The average molecular weight is 443 g/mol. The SMILES string of the molecule is CC(=O)NCC1CN(c2ccc(-c3cnc(C4=NOC(CO)CC4)nc3)c(F)c2)C(=O)O1. The number of halogens is 1. The minimum absolute atomic E-state index is 0.100. The summed E-state index contributed by atoms with van der Waals surface area (Å²) in [6.45, 7) is 1.68. The van der Waals surface area contributed by atoms with Crippen LogP contribution in [0, 0.1) is 5.82 Å². The monoisotopic (exact) mass is 443 g/mol. The van der Waals surface area contributed by atoms with Crippen LogP contribution in [-0.4, -0.2) is 64.7 Å². The fourth-order valence-electron chi connectivity index (χ4n) is 3.43. The third-order valence-corrected chi connectivity index (χ3v) is 5.16. The summed E-state index contributed by atoms with van der Waals surface area (Å²) in [7, 11) is 0. The van der Waals surface area contributed by atoms with E-state index < -0.39 is 18.0 Å². The number of cyclic esters (lactones) is 1. The van der Waals surface area contributed by atoms with Crippen LogP contribution in [0.2, 0.25) is 0 Å². The van der Waals surface area contributed by atoms with Crippen LogP contribution in [0.15, 0.2) is 35.7 Å². The number of aromatic nitrogens is 2. The van der Waals surface area contributed by atoms with Gasteiger partial charge in [0.25, 0.3) is 0 Å². The number of aliphatic hydroxyl groups excluding tert-OH is 1. The van der Waals surface area contributed by atoms with Gasteiger partial charge in [0.15, 0.2) is 11.9 Å². The third-order valence-electron chi connectivity index (χ3n) is 5.16. The summed E-state index contributed by atoms with van der Waals surface area (Å²) in [5.74, 6) is -0.381. The highest BCUT2D eigenvalue weighted by molar-refractivity contribution is 5.97. The van der Waals surface area contributed by atoms with Crippen molar-refractivity contribution in [3.8, 4) is 11.1 Å². The van der Waals surface area contributed by atoms with Crippen molar-refractivity contribution in [1.29, 1.82) is 0 Å². The average Bonchev–Trinajstić information content (AvgIpc) is 3.18. The van der Waals surface area contributed by atoms with Crippen molar-refractivity contribution in [3.63, 3.8) is 0 Å². The van der Waals surface area contributed by atoms with Crippen molar-refractivity contribution in [2.45, 2.75) is 32.0 Å². The number of ether oxygens (including phenoxy) is 1. The fraction of sp³-hybridized carbons (Fsp3) is 0.381. The quantitative estimate of drug-likeness (QED) is 0.695. The first-order valence-electron chi connectivity index (χ1n) is 10.1. The summed E-state index contributed by atoms with van der Waals surface area (Å²) in [5, 5.41) is 15.6. The van der Waals surface area contributed by atoms with E-state index in [4.69, 9.17) is 14.7 Å². The van der Waals surface area contributed by atoms with Crippen molar-refractivity contribution in [3.05, 3.63) is 42.2 Å². The zero-order valence-corrected chi connectivity index (χ0v) is 17.3. The Morgan fingerprint density at radius 3 is 2.72 bits per heavy atom. The molecule has 2 aromatic rings. The highest BCUT2D eigenvalue weighted by atomic mass is 19.1. The summed E-state index contributed by atoms with van der Waals surface area (Å²) in [4.78, 5) is 38.2. The number of hydrogen-bond donors (Lipinski definition) is 2. The molecule has 3 heterocycles. The summed E-state index contributed by atoms with van der Waals surface area (Å²) >= 11 is 0. The van der Waals surface area contributed by atoms with E-state index in [0.717, 1.165) is 0 Å². The molecule has 1 aromatic carbocycles. The molecule has 0 aliphatic carbocycles. The summed E-state index contributed by atoms with van der Waals surface area (Å²) in [6.07, 6.45) is 2.75. The number of nitrogens with zero attached hydrogens (tertiary/aromatic N) is 4. The van der Waals surface area contributed by atoms with Gasteiger partial charge < -0.3 is 20.0 Å². The van der Waals surface area contributed by atoms with Gasteiger partial charge in [-0.15, -0.1) is 0 Å². The van der Waals surface area contributed by atoms with Crippen LogP contribution in [0.25, 0.3) is 11.1 Å². The second kappa shape index (κ2) is 9.27. The topological polar surface area (TPSA) is 126 Å². The molecule has 168 valence electrons. The van der Waals surface area contributed by atoms with Crippen LogP contribution < -0.4 is 10.2 Å². The maximum Gasteiger partial charge on any atom is 0.414 e. The first-order valence-corrected chi connectivity index (χ1v) is 10.1. The molecule has 0 radical (unpaired) electrons. The number of carbonyl (C=O) groups excluding carboxylic acids is 2. The molecule has 2 aliphatic rings. The molecule has 2 N–H and O–H groups in total. The molecule has 10 nitrogen and oxygen atoms in total. The van der Waals surface area contributed by atoms with E-state index in [0.29, 0.717) is 35.6 Å². The second-order valence-electron chi connectivity index (χ2n) is 7.50. The lowest BCUT2D eigenvalue weighted by molar-refractivity contribution is -0.119. The molecule has 0 saturated carbocycles. The Kier molecular flexibility index (Phi) is 6.26.